The molecule has 120 valence electrons. The number of nitrogens with two attached hydrogens (primary N) is 1. The highest BCUT2D eigenvalue weighted by Gasteiger charge is 2.26. The lowest BCUT2D eigenvalue weighted by Crippen LogP contribution is -2.54. The van der Waals surface area contributed by atoms with Crippen LogP contribution < -0.4 is 10.5 Å². The first kappa shape index (κ1) is 17.3. The Kier molecular flexibility index (Phi) is 5.80. The van der Waals surface area contributed by atoms with Gasteiger partial charge in [-0.25, -0.2) is 13.1 Å². The molecule has 1 fully saturated rings. The lowest BCUT2D eigenvalue weighted by molar-refractivity contribution is 0.117. The topological polar surface area (TPSA) is 78.7 Å². The second kappa shape index (κ2) is 7.03. The van der Waals surface area contributed by atoms with Gasteiger partial charge in [0.2, 0.25) is 10.0 Å². The molecule has 0 aromatic carbocycles. The number of hydrogen-bond donors (Lipinski definition) is 2. The minimum Gasteiger partial charge on any atom is -0.326 e. The minimum absolute atomic E-state index is 0.185. The number of sulfonamides is 1. The Morgan fingerprint density at radius 2 is 2.19 bits per heavy atom. The fourth-order valence-corrected chi connectivity index (χ4v) is 5.92. The van der Waals surface area contributed by atoms with Gasteiger partial charge in [-0.3, -0.25) is 4.90 Å². The number of thiophene rings is 1. The Labute approximate surface area is 138 Å². The van der Waals surface area contributed by atoms with Crippen LogP contribution in [0.5, 0.6) is 0 Å². The van der Waals surface area contributed by atoms with Crippen LogP contribution in [0.15, 0.2) is 14.7 Å². The molecular weight excluding hydrogens is 376 g/mol. The van der Waals surface area contributed by atoms with Crippen molar-refractivity contribution < 1.29 is 8.42 Å². The normalized spacial score (nSPS) is 21.8. The van der Waals surface area contributed by atoms with E-state index in [1.807, 2.05) is 7.05 Å². The molecule has 0 radical (unpaired) electrons. The zero-order chi connectivity index (χ0) is 15.6. The highest BCUT2D eigenvalue weighted by molar-refractivity contribution is 9.11. The summed E-state index contributed by atoms with van der Waals surface area (Å²) in [6, 6.07) is 1.82. The monoisotopic (exact) mass is 396 g/mol. The highest BCUT2D eigenvalue weighted by Crippen LogP contribution is 2.31. The molecule has 3 N–H and O–H groups in total. The Bertz CT molecular complexity index is 590. The fourth-order valence-electron chi connectivity index (χ4n) is 2.29. The largest absolute Gasteiger partial charge is 0.326 e. The maximum absolute atomic E-state index is 12.4. The van der Waals surface area contributed by atoms with Crippen molar-refractivity contribution in [3.05, 3.63) is 14.7 Å². The predicted octanol–water partition coefficient (Wildman–Crippen LogP) is 0.493. The van der Waals surface area contributed by atoms with Crippen LogP contribution in [0.4, 0.5) is 0 Å². The van der Waals surface area contributed by atoms with Gasteiger partial charge in [0.25, 0.3) is 0 Å². The van der Waals surface area contributed by atoms with E-state index in [0.717, 1.165) is 24.5 Å². The van der Waals surface area contributed by atoms with Gasteiger partial charge in [-0.05, 0) is 36.1 Å². The first-order chi connectivity index (χ1) is 9.83. The number of halogens is 1. The van der Waals surface area contributed by atoms with Gasteiger partial charge in [-0.15, -0.1) is 11.3 Å². The van der Waals surface area contributed by atoms with Crippen LogP contribution in [0.1, 0.15) is 4.88 Å². The molecule has 0 aliphatic carbocycles. The lowest BCUT2D eigenvalue weighted by atomic mass is 10.2. The van der Waals surface area contributed by atoms with E-state index in [0.29, 0.717) is 16.9 Å². The van der Waals surface area contributed by atoms with Crippen LogP contribution >= 0.6 is 27.3 Å². The van der Waals surface area contributed by atoms with Crippen molar-refractivity contribution in [2.75, 3.05) is 40.3 Å². The van der Waals surface area contributed by atoms with Gasteiger partial charge in [0, 0.05) is 43.6 Å². The van der Waals surface area contributed by atoms with Gasteiger partial charge in [-0.2, -0.15) is 0 Å². The second-order valence-corrected chi connectivity index (χ2v) is 9.49. The van der Waals surface area contributed by atoms with Gasteiger partial charge in [0.1, 0.15) is 4.90 Å². The van der Waals surface area contributed by atoms with Gasteiger partial charge < -0.3 is 10.6 Å². The quantitative estimate of drug-likeness (QED) is 0.757. The maximum Gasteiger partial charge on any atom is 0.242 e. The SMILES string of the molecule is CN1CCN(C)C(CNS(=O)(=O)c2cc(CN)sc2Br)C1. The molecule has 1 unspecified atom stereocenters. The number of hydrogen-bond acceptors (Lipinski definition) is 6. The number of likely N-dealkylation sites (N-methyl/N-ethyl adjacent to an activating group) is 2. The first-order valence-corrected chi connectivity index (χ1v) is 9.79. The van der Waals surface area contributed by atoms with Crippen LogP contribution in [-0.4, -0.2) is 64.5 Å². The molecule has 1 saturated heterocycles. The van der Waals surface area contributed by atoms with Crippen molar-refractivity contribution in [2.45, 2.75) is 17.5 Å². The summed E-state index contributed by atoms with van der Waals surface area (Å²) in [6.07, 6.45) is 0. The van der Waals surface area contributed by atoms with Crippen molar-refractivity contribution in [3.63, 3.8) is 0 Å². The van der Waals surface area contributed by atoms with Crippen molar-refractivity contribution in [3.8, 4) is 0 Å². The van der Waals surface area contributed by atoms with Gasteiger partial charge in [0.05, 0.1) is 3.79 Å². The van der Waals surface area contributed by atoms with Crippen LogP contribution in [0.3, 0.4) is 0 Å². The molecule has 9 heteroatoms. The van der Waals surface area contributed by atoms with Crippen LogP contribution in [0.25, 0.3) is 0 Å². The van der Waals surface area contributed by atoms with Gasteiger partial charge in [-0.1, -0.05) is 0 Å². The van der Waals surface area contributed by atoms with E-state index in [1.165, 1.54) is 11.3 Å². The van der Waals surface area contributed by atoms with E-state index in [1.54, 1.807) is 6.07 Å². The summed E-state index contributed by atoms with van der Waals surface area (Å²) in [5.41, 5.74) is 5.56. The number of nitrogens with one attached hydrogen (secondary N) is 1. The molecule has 21 heavy (non-hydrogen) atoms. The molecule has 0 saturated carbocycles. The van der Waals surface area contributed by atoms with E-state index in [-0.39, 0.29) is 10.9 Å². The minimum atomic E-state index is -3.51. The predicted molar refractivity (Wildman–Crippen MR) is 89.0 cm³/mol. The molecule has 2 rings (SSSR count). The first-order valence-electron chi connectivity index (χ1n) is 6.70. The van der Waals surface area contributed by atoms with E-state index >= 15 is 0 Å². The molecule has 0 spiro atoms. The zero-order valence-corrected chi connectivity index (χ0v) is 15.4. The average molecular weight is 397 g/mol. The molecule has 1 aliphatic rings. The van der Waals surface area contributed by atoms with Crippen molar-refractivity contribution in [1.29, 1.82) is 0 Å². The highest BCUT2D eigenvalue weighted by atomic mass is 79.9. The van der Waals surface area contributed by atoms with Crippen LogP contribution in [0.2, 0.25) is 0 Å². The molecule has 1 atom stereocenters. The third kappa shape index (κ3) is 4.25. The Morgan fingerprint density at radius 3 is 2.81 bits per heavy atom. The van der Waals surface area contributed by atoms with E-state index < -0.39 is 10.0 Å². The zero-order valence-electron chi connectivity index (χ0n) is 12.2. The summed E-state index contributed by atoms with van der Waals surface area (Å²) in [4.78, 5) is 5.53. The summed E-state index contributed by atoms with van der Waals surface area (Å²) >= 11 is 4.66. The standard InChI is InChI=1S/C12H21BrN4O2S2/c1-16-3-4-17(2)9(8-16)7-15-21(18,19)11-5-10(6-14)20-12(11)13/h5,9,15H,3-4,6-8,14H2,1-2H3. The number of rotatable bonds is 5. The molecule has 0 amide bonds. The Hall–Kier alpha value is -0.0300. The summed E-state index contributed by atoms with van der Waals surface area (Å²) in [7, 11) is 0.572. The Balaban J connectivity index is 2.05. The summed E-state index contributed by atoms with van der Waals surface area (Å²) in [6.45, 7) is 3.56. The second-order valence-electron chi connectivity index (χ2n) is 5.30. The van der Waals surface area contributed by atoms with Crippen LogP contribution in [-0.2, 0) is 16.6 Å². The van der Waals surface area contributed by atoms with Crippen molar-refractivity contribution in [2.24, 2.45) is 5.73 Å². The Morgan fingerprint density at radius 1 is 1.48 bits per heavy atom. The van der Waals surface area contributed by atoms with Crippen molar-refractivity contribution >= 4 is 37.3 Å². The third-order valence-corrected chi connectivity index (χ3v) is 7.38. The van der Waals surface area contributed by atoms with Gasteiger partial charge >= 0.3 is 0 Å². The van der Waals surface area contributed by atoms with Crippen molar-refractivity contribution in [1.82, 2.24) is 14.5 Å². The molecule has 1 aliphatic heterocycles. The van der Waals surface area contributed by atoms with E-state index in [9.17, 15) is 8.42 Å². The van der Waals surface area contributed by atoms with Crippen LogP contribution in [0, 0.1) is 0 Å². The molecule has 1 aromatic rings. The average Bonchev–Trinajstić information content (AvgIpc) is 2.82. The number of piperazine rings is 1. The smallest absolute Gasteiger partial charge is 0.242 e. The summed E-state index contributed by atoms with van der Waals surface area (Å²) in [5, 5.41) is 0. The summed E-state index contributed by atoms with van der Waals surface area (Å²) < 4.78 is 28.1. The maximum atomic E-state index is 12.4. The van der Waals surface area contributed by atoms with Gasteiger partial charge in [0.15, 0.2) is 0 Å². The van der Waals surface area contributed by atoms with E-state index in [4.69, 9.17) is 5.73 Å². The fraction of sp³-hybridized carbons (Fsp3) is 0.667. The summed E-state index contributed by atoms with van der Waals surface area (Å²) in [5.74, 6) is 0. The molecule has 0 bridgehead atoms. The number of nitrogens with zero attached hydrogens (tertiary/aromatic N) is 2. The molecular formula is C12H21BrN4O2S2. The lowest BCUT2D eigenvalue weighted by Gasteiger charge is -2.37. The third-order valence-electron chi connectivity index (χ3n) is 3.69. The van der Waals surface area contributed by atoms with E-state index in [2.05, 4.69) is 37.5 Å². The molecule has 6 nitrogen and oxygen atoms in total. The molecule has 2 heterocycles. The molecule has 1 aromatic heterocycles.